The number of ether oxygens (including phenoxy) is 7. The molecular weight excluding hydrogens is 442 g/mol. The van der Waals surface area contributed by atoms with Crippen LogP contribution in [0.25, 0.3) is 0 Å². The van der Waals surface area contributed by atoms with E-state index in [1.165, 1.54) is 32.0 Å². The summed E-state index contributed by atoms with van der Waals surface area (Å²) in [6.45, 7) is 6.41. The third kappa shape index (κ3) is 9.64. The topological polar surface area (TPSA) is 159 Å². The Hall–Kier alpha value is -3.54. The molecule has 0 saturated heterocycles. The van der Waals surface area contributed by atoms with Crippen molar-refractivity contribution in [1.29, 1.82) is 0 Å². The zero-order valence-corrected chi connectivity index (χ0v) is 19.2. The third-order valence-electron chi connectivity index (χ3n) is 4.09. The number of rotatable bonds is 10. The molecule has 0 aliphatic carbocycles. The summed E-state index contributed by atoms with van der Waals surface area (Å²) in [6.07, 6.45) is -4.47. The average molecular weight is 471 g/mol. The van der Waals surface area contributed by atoms with Crippen molar-refractivity contribution in [2.24, 2.45) is 5.73 Å². The van der Waals surface area contributed by atoms with Crippen LogP contribution in [0.5, 0.6) is 11.5 Å². The molecule has 0 unspecified atom stereocenters. The fraction of sp³-hybridized carbons (Fsp3) is 0.524. The van der Waals surface area contributed by atoms with Crippen LogP contribution >= 0.6 is 0 Å². The first-order valence-electron chi connectivity index (χ1n) is 10.1. The highest BCUT2D eigenvalue weighted by atomic mass is 16.7. The lowest BCUT2D eigenvalue weighted by Gasteiger charge is -2.22. The molecule has 12 heteroatoms. The first-order valence-corrected chi connectivity index (χ1v) is 10.1. The summed E-state index contributed by atoms with van der Waals surface area (Å²) in [5.41, 5.74) is 6.41. The maximum Gasteiger partial charge on any atom is 0.513 e. The van der Waals surface area contributed by atoms with E-state index in [4.69, 9.17) is 34.2 Å². The summed E-state index contributed by atoms with van der Waals surface area (Å²) in [5, 5.41) is 0. The monoisotopic (exact) mass is 471 g/mol. The van der Waals surface area contributed by atoms with Gasteiger partial charge in [0.15, 0.2) is 11.5 Å². The number of hydrogen-bond acceptors (Lipinski definition) is 12. The van der Waals surface area contributed by atoms with Crippen molar-refractivity contribution in [2.75, 3.05) is 20.3 Å². The second-order valence-corrected chi connectivity index (χ2v) is 6.58. The lowest BCUT2D eigenvalue weighted by atomic mass is 10.1. The first-order chi connectivity index (χ1) is 15.6. The van der Waals surface area contributed by atoms with Gasteiger partial charge in [-0.25, -0.2) is 14.4 Å². The lowest BCUT2D eigenvalue weighted by Crippen LogP contribution is -2.39. The molecule has 0 aromatic heterocycles. The average Bonchev–Trinajstić information content (AvgIpc) is 2.75. The number of methoxy groups -OCH3 is 1. The second-order valence-electron chi connectivity index (χ2n) is 6.58. The summed E-state index contributed by atoms with van der Waals surface area (Å²) in [4.78, 5) is 46.9. The molecule has 33 heavy (non-hydrogen) atoms. The van der Waals surface area contributed by atoms with Crippen molar-refractivity contribution in [3.8, 4) is 11.5 Å². The van der Waals surface area contributed by atoms with Crippen molar-refractivity contribution in [3.63, 3.8) is 0 Å². The van der Waals surface area contributed by atoms with Gasteiger partial charge < -0.3 is 38.9 Å². The van der Waals surface area contributed by atoms with E-state index in [9.17, 15) is 19.2 Å². The SMILES string of the molecule is CCOC(=O)Oc1ccc(C[C@H](N)C(=O)O[C@@H](C)[C@H](C)OC(=O)OC)cc1OC(=O)OCC. The van der Waals surface area contributed by atoms with Crippen LogP contribution < -0.4 is 15.2 Å². The Balaban J connectivity index is 2.89. The normalized spacial score (nSPS) is 13.0. The maximum absolute atomic E-state index is 12.3. The summed E-state index contributed by atoms with van der Waals surface area (Å²) >= 11 is 0. The van der Waals surface area contributed by atoms with Crippen LogP contribution in [-0.4, -0.2) is 63.0 Å². The van der Waals surface area contributed by atoms with Gasteiger partial charge in [-0.15, -0.1) is 0 Å². The number of carbonyl (C=O) groups is 4. The van der Waals surface area contributed by atoms with Crippen LogP contribution in [0, 0.1) is 0 Å². The van der Waals surface area contributed by atoms with E-state index in [2.05, 4.69) is 4.74 Å². The van der Waals surface area contributed by atoms with Crippen molar-refractivity contribution in [1.82, 2.24) is 0 Å². The van der Waals surface area contributed by atoms with E-state index in [-0.39, 0.29) is 31.1 Å². The van der Waals surface area contributed by atoms with E-state index in [1.54, 1.807) is 13.8 Å². The Morgan fingerprint density at radius 3 is 1.94 bits per heavy atom. The lowest BCUT2D eigenvalue weighted by molar-refractivity contribution is -0.155. The number of benzene rings is 1. The van der Waals surface area contributed by atoms with Crippen LogP contribution in [0.2, 0.25) is 0 Å². The summed E-state index contributed by atoms with van der Waals surface area (Å²) in [5.74, 6) is -0.973. The molecule has 2 N–H and O–H groups in total. The number of esters is 1. The predicted octanol–water partition coefficient (Wildman–Crippen LogP) is 2.73. The molecule has 0 saturated carbocycles. The number of hydrogen-bond donors (Lipinski definition) is 1. The van der Waals surface area contributed by atoms with Crippen LogP contribution in [0.3, 0.4) is 0 Å². The van der Waals surface area contributed by atoms with Gasteiger partial charge >= 0.3 is 24.4 Å². The number of nitrogens with two attached hydrogens (primary N) is 1. The first kappa shape index (κ1) is 27.5. The van der Waals surface area contributed by atoms with Crippen LogP contribution in [0.1, 0.15) is 33.3 Å². The Bertz CT molecular complexity index is 826. The smallest absolute Gasteiger partial charge is 0.458 e. The summed E-state index contributed by atoms with van der Waals surface area (Å²) in [7, 11) is 1.16. The highest BCUT2D eigenvalue weighted by Gasteiger charge is 2.25. The molecule has 1 aromatic carbocycles. The molecule has 3 atom stereocenters. The van der Waals surface area contributed by atoms with Crippen LogP contribution in [0.15, 0.2) is 18.2 Å². The Morgan fingerprint density at radius 1 is 0.848 bits per heavy atom. The van der Waals surface area contributed by atoms with E-state index in [0.717, 1.165) is 7.11 Å². The largest absolute Gasteiger partial charge is 0.513 e. The fourth-order valence-corrected chi connectivity index (χ4v) is 2.32. The number of carbonyl (C=O) groups excluding carboxylic acids is 4. The molecule has 0 radical (unpaired) electrons. The quantitative estimate of drug-likeness (QED) is 0.302. The van der Waals surface area contributed by atoms with Gasteiger partial charge in [-0.2, -0.15) is 0 Å². The van der Waals surface area contributed by atoms with E-state index in [1.807, 2.05) is 0 Å². The van der Waals surface area contributed by atoms with Gasteiger partial charge in [0.05, 0.1) is 20.3 Å². The molecule has 1 aromatic rings. The van der Waals surface area contributed by atoms with E-state index >= 15 is 0 Å². The van der Waals surface area contributed by atoms with E-state index < -0.39 is 42.7 Å². The molecule has 184 valence electrons. The van der Waals surface area contributed by atoms with Crippen molar-refractivity contribution >= 4 is 24.4 Å². The van der Waals surface area contributed by atoms with Gasteiger partial charge in [-0.1, -0.05) is 6.07 Å². The van der Waals surface area contributed by atoms with Gasteiger partial charge in [0.25, 0.3) is 0 Å². The van der Waals surface area contributed by atoms with Crippen molar-refractivity contribution < 1.29 is 52.3 Å². The maximum atomic E-state index is 12.3. The van der Waals surface area contributed by atoms with Gasteiger partial charge in [-0.05, 0) is 51.8 Å². The Kier molecular flexibility index (Phi) is 11.5. The molecule has 0 bridgehead atoms. The predicted molar refractivity (Wildman–Crippen MR) is 112 cm³/mol. The minimum Gasteiger partial charge on any atom is -0.458 e. The fourth-order valence-electron chi connectivity index (χ4n) is 2.32. The third-order valence-corrected chi connectivity index (χ3v) is 4.09. The van der Waals surface area contributed by atoms with Crippen molar-refractivity contribution in [2.45, 2.75) is 52.4 Å². The molecule has 12 nitrogen and oxygen atoms in total. The van der Waals surface area contributed by atoms with Gasteiger partial charge in [0.2, 0.25) is 0 Å². The summed E-state index contributed by atoms with van der Waals surface area (Å²) < 4.78 is 34.1. The molecule has 0 amide bonds. The molecule has 0 aliphatic heterocycles. The Morgan fingerprint density at radius 2 is 1.39 bits per heavy atom. The van der Waals surface area contributed by atoms with Gasteiger partial charge in [0, 0.05) is 0 Å². The molecule has 0 fully saturated rings. The summed E-state index contributed by atoms with van der Waals surface area (Å²) in [6, 6.07) is 3.15. The molecule has 0 spiro atoms. The van der Waals surface area contributed by atoms with Gasteiger partial charge in [0.1, 0.15) is 18.2 Å². The van der Waals surface area contributed by atoms with Crippen LogP contribution in [0.4, 0.5) is 14.4 Å². The second kappa shape index (κ2) is 13.8. The minimum atomic E-state index is -1.09. The highest BCUT2D eigenvalue weighted by Crippen LogP contribution is 2.30. The molecular formula is C21H29NO11. The Labute approximate surface area is 191 Å². The van der Waals surface area contributed by atoms with Crippen LogP contribution in [-0.2, 0) is 34.9 Å². The zero-order valence-electron chi connectivity index (χ0n) is 19.2. The standard InChI is InChI=1S/C21H29NO11/c1-6-28-20(25)32-16-9-8-14(11-17(16)33-21(26)29-7-2)10-15(22)18(23)30-12(3)13(4)31-19(24)27-5/h8-9,11-13,15H,6-7,10,22H2,1-5H3/t12-,13-,15-/m0/s1. The van der Waals surface area contributed by atoms with Gasteiger partial charge in [-0.3, -0.25) is 4.79 Å². The van der Waals surface area contributed by atoms with Crippen molar-refractivity contribution in [3.05, 3.63) is 23.8 Å². The molecule has 1 rings (SSSR count). The molecule has 0 heterocycles. The van der Waals surface area contributed by atoms with E-state index in [0.29, 0.717) is 5.56 Å². The minimum absolute atomic E-state index is 0.00331. The zero-order chi connectivity index (χ0) is 25.0. The highest BCUT2D eigenvalue weighted by molar-refractivity contribution is 5.76. The molecule has 0 aliphatic rings.